The number of rotatable bonds is 4. The maximum absolute atomic E-state index is 12.0. The van der Waals surface area contributed by atoms with Gasteiger partial charge in [0.05, 0.1) is 6.26 Å². The zero-order valence-corrected chi connectivity index (χ0v) is 14.6. The Morgan fingerprint density at radius 1 is 1.12 bits per heavy atom. The standard InChI is InChI=1S/C21H18N2O3/c1-13-10-14(2)20-17(11-13)23-19(26-20)12-15-5-7-16(8-6-15)22-21(24)18-4-3-9-25-18/h3-11H,12H2,1-2H3,(H,22,24). The summed E-state index contributed by atoms with van der Waals surface area (Å²) in [6, 6.07) is 15.0. The molecule has 5 heteroatoms. The third kappa shape index (κ3) is 3.24. The Morgan fingerprint density at radius 2 is 1.92 bits per heavy atom. The molecule has 130 valence electrons. The third-order valence-corrected chi connectivity index (χ3v) is 4.18. The van der Waals surface area contributed by atoms with Gasteiger partial charge >= 0.3 is 0 Å². The predicted octanol–water partition coefficient (Wildman–Crippen LogP) is 4.88. The van der Waals surface area contributed by atoms with E-state index in [2.05, 4.69) is 23.3 Å². The molecule has 4 rings (SSSR count). The number of carbonyl (C=O) groups is 1. The van der Waals surface area contributed by atoms with Crippen LogP contribution in [0.25, 0.3) is 11.1 Å². The van der Waals surface area contributed by atoms with Gasteiger partial charge in [0, 0.05) is 12.1 Å². The minimum absolute atomic E-state index is 0.271. The molecule has 0 radical (unpaired) electrons. The molecule has 2 aromatic carbocycles. The highest BCUT2D eigenvalue weighted by Crippen LogP contribution is 2.23. The summed E-state index contributed by atoms with van der Waals surface area (Å²) in [6.45, 7) is 4.08. The molecule has 0 aliphatic carbocycles. The van der Waals surface area contributed by atoms with Gasteiger partial charge in [0.2, 0.25) is 0 Å². The van der Waals surface area contributed by atoms with Crippen molar-refractivity contribution >= 4 is 22.7 Å². The van der Waals surface area contributed by atoms with Crippen LogP contribution in [0.5, 0.6) is 0 Å². The molecule has 0 aliphatic heterocycles. The average molecular weight is 346 g/mol. The van der Waals surface area contributed by atoms with E-state index in [0.29, 0.717) is 18.0 Å². The monoisotopic (exact) mass is 346 g/mol. The second-order valence-corrected chi connectivity index (χ2v) is 6.34. The molecule has 1 N–H and O–H groups in total. The lowest BCUT2D eigenvalue weighted by atomic mass is 10.1. The van der Waals surface area contributed by atoms with Crippen LogP contribution in [0.3, 0.4) is 0 Å². The van der Waals surface area contributed by atoms with Gasteiger partial charge in [0.15, 0.2) is 17.2 Å². The molecule has 5 nitrogen and oxygen atoms in total. The summed E-state index contributed by atoms with van der Waals surface area (Å²) >= 11 is 0. The van der Waals surface area contributed by atoms with Gasteiger partial charge in [-0.1, -0.05) is 18.2 Å². The van der Waals surface area contributed by atoms with E-state index in [0.717, 1.165) is 22.2 Å². The lowest BCUT2D eigenvalue weighted by Gasteiger charge is -2.04. The molecule has 0 unspecified atom stereocenters. The predicted molar refractivity (Wildman–Crippen MR) is 99.4 cm³/mol. The van der Waals surface area contributed by atoms with Crippen molar-refractivity contribution in [3.8, 4) is 0 Å². The van der Waals surface area contributed by atoms with Crippen molar-refractivity contribution in [2.45, 2.75) is 20.3 Å². The maximum Gasteiger partial charge on any atom is 0.291 e. The van der Waals surface area contributed by atoms with Crippen molar-refractivity contribution < 1.29 is 13.6 Å². The minimum Gasteiger partial charge on any atom is -0.459 e. The van der Waals surface area contributed by atoms with E-state index in [9.17, 15) is 4.79 Å². The maximum atomic E-state index is 12.0. The molecule has 0 aliphatic rings. The molecule has 0 fully saturated rings. The van der Waals surface area contributed by atoms with Crippen molar-refractivity contribution in [2.24, 2.45) is 0 Å². The SMILES string of the molecule is Cc1cc(C)c2oc(Cc3ccc(NC(=O)c4ccco4)cc3)nc2c1. The highest BCUT2D eigenvalue weighted by Gasteiger charge is 2.11. The number of fused-ring (bicyclic) bond motifs is 1. The van der Waals surface area contributed by atoms with Crippen molar-refractivity contribution in [1.82, 2.24) is 4.98 Å². The average Bonchev–Trinajstić information content (AvgIpc) is 3.26. The number of amides is 1. The van der Waals surface area contributed by atoms with E-state index in [1.54, 1.807) is 12.1 Å². The zero-order chi connectivity index (χ0) is 18.1. The summed E-state index contributed by atoms with van der Waals surface area (Å²) in [6.07, 6.45) is 2.07. The Balaban J connectivity index is 1.49. The van der Waals surface area contributed by atoms with Crippen LogP contribution in [0.4, 0.5) is 5.69 Å². The molecule has 0 saturated carbocycles. The summed E-state index contributed by atoms with van der Waals surface area (Å²) in [7, 11) is 0. The first-order valence-corrected chi connectivity index (χ1v) is 8.39. The highest BCUT2D eigenvalue weighted by atomic mass is 16.3. The van der Waals surface area contributed by atoms with Crippen LogP contribution >= 0.6 is 0 Å². The number of oxazole rings is 1. The second kappa shape index (κ2) is 6.52. The lowest BCUT2D eigenvalue weighted by molar-refractivity contribution is 0.0996. The molecule has 2 aromatic heterocycles. The topological polar surface area (TPSA) is 68.3 Å². The summed E-state index contributed by atoms with van der Waals surface area (Å²) in [5.74, 6) is 0.694. The van der Waals surface area contributed by atoms with Gasteiger partial charge in [0.25, 0.3) is 5.91 Å². The van der Waals surface area contributed by atoms with Crippen LogP contribution in [-0.4, -0.2) is 10.9 Å². The molecule has 0 atom stereocenters. The van der Waals surface area contributed by atoms with Gasteiger partial charge in [-0.25, -0.2) is 4.98 Å². The Hall–Kier alpha value is -3.34. The smallest absolute Gasteiger partial charge is 0.291 e. The Morgan fingerprint density at radius 3 is 2.65 bits per heavy atom. The Kier molecular flexibility index (Phi) is 4.05. The van der Waals surface area contributed by atoms with E-state index in [1.807, 2.05) is 37.3 Å². The van der Waals surface area contributed by atoms with Crippen LogP contribution in [-0.2, 0) is 6.42 Å². The summed E-state index contributed by atoms with van der Waals surface area (Å²) in [5.41, 5.74) is 5.76. The van der Waals surface area contributed by atoms with E-state index in [1.165, 1.54) is 11.8 Å². The van der Waals surface area contributed by atoms with Gasteiger partial charge in [-0.15, -0.1) is 0 Å². The summed E-state index contributed by atoms with van der Waals surface area (Å²) < 4.78 is 11.0. The molecular formula is C21H18N2O3. The summed E-state index contributed by atoms with van der Waals surface area (Å²) in [4.78, 5) is 16.6. The minimum atomic E-state index is -0.271. The van der Waals surface area contributed by atoms with Gasteiger partial charge < -0.3 is 14.2 Å². The van der Waals surface area contributed by atoms with Crippen molar-refractivity contribution in [3.05, 3.63) is 83.1 Å². The van der Waals surface area contributed by atoms with E-state index in [4.69, 9.17) is 8.83 Å². The zero-order valence-electron chi connectivity index (χ0n) is 14.6. The van der Waals surface area contributed by atoms with Gasteiger partial charge in [-0.3, -0.25) is 4.79 Å². The molecule has 2 heterocycles. The first-order chi connectivity index (χ1) is 12.6. The summed E-state index contributed by atoms with van der Waals surface area (Å²) in [5, 5.41) is 2.80. The number of aryl methyl sites for hydroxylation is 2. The van der Waals surface area contributed by atoms with Crippen LogP contribution in [0, 0.1) is 13.8 Å². The van der Waals surface area contributed by atoms with Gasteiger partial charge in [-0.2, -0.15) is 0 Å². The quantitative estimate of drug-likeness (QED) is 0.572. The number of nitrogens with zero attached hydrogens (tertiary/aromatic N) is 1. The van der Waals surface area contributed by atoms with Crippen LogP contribution in [0.15, 0.2) is 63.6 Å². The van der Waals surface area contributed by atoms with Crippen molar-refractivity contribution in [1.29, 1.82) is 0 Å². The molecular weight excluding hydrogens is 328 g/mol. The molecule has 1 amide bonds. The van der Waals surface area contributed by atoms with Crippen molar-refractivity contribution in [2.75, 3.05) is 5.32 Å². The molecule has 0 saturated heterocycles. The normalized spacial score (nSPS) is 11.0. The van der Waals surface area contributed by atoms with Crippen LogP contribution in [0.2, 0.25) is 0 Å². The highest BCUT2D eigenvalue weighted by molar-refractivity contribution is 6.02. The molecule has 0 spiro atoms. The van der Waals surface area contributed by atoms with Crippen LogP contribution in [0.1, 0.15) is 33.1 Å². The first-order valence-electron chi connectivity index (χ1n) is 8.39. The fraction of sp³-hybridized carbons (Fsp3) is 0.143. The molecule has 4 aromatic rings. The number of aromatic nitrogens is 1. The largest absolute Gasteiger partial charge is 0.459 e. The Bertz CT molecular complexity index is 1060. The number of nitrogens with one attached hydrogen (secondary N) is 1. The number of hydrogen-bond donors (Lipinski definition) is 1. The van der Waals surface area contributed by atoms with E-state index < -0.39 is 0 Å². The number of anilines is 1. The third-order valence-electron chi connectivity index (χ3n) is 4.18. The molecule has 26 heavy (non-hydrogen) atoms. The second-order valence-electron chi connectivity index (χ2n) is 6.34. The van der Waals surface area contributed by atoms with E-state index >= 15 is 0 Å². The number of carbonyl (C=O) groups excluding carboxylic acids is 1. The Labute approximate surface area is 150 Å². The van der Waals surface area contributed by atoms with Gasteiger partial charge in [0.1, 0.15) is 5.52 Å². The van der Waals surface area contributed by atoms with Gasteiger partial charge in [-0.05, 0) is 60.9 Å². The number of hydrogen-bond acceptors (Lipinski definition) is 4. The van der Waals surface area contributed by atoms with Crippen molar-refractivity contribution in [3.63, 3.8) is 0 Å². The molecule has 0 bridgehead atoms. The first kappa shape index (κ1) is 16.1. The fourth-order valence-corrected chi connectivity index (χ4v) is 2.98. The van der Waals surface area contributed by atoms with Crippen LogP contribution < -0.4 is 5.32 Å². The number of furan rings is 1. The fourth-order valence-electron chi connectivity index (χ4n) is 2.98. The lowest BCUT2D eigenvalue weighted by Crippen LogP contribution is -2.10. The number of benzene rings is 2. The van der Waals surface area contributed by atoms with E-state index in [-0.39, 0.29) is 11.7 Å².